The molecule has 1 heterocycles. The first-order chi connectivity index (χ1) is 9.54. The highest BCUT2D eigenvalue weighted by atomic mass is 35.5. The molecule has 0 bridgehead atoms. The molecule has 0 atom stereocenters. The van der Waals surface area contributed by atoms with Gasteiger partial charge in [-0.05, 0) is 23.8 Å². The maximum Gasteiger partial charge on any atom is 0.246 e. The molecule has 0 radical (unpaired) electrons. The minimum Gasteiger partial charge on any atom is -0.338 e. The van der Waals surface area contributed by atoms with Crippen LogP contribution >= 0.6 is 11.6 Å². The van der Waals surface area contributed by atoms with Gasteiger partial charge in [-0.25, -0.2) is 0 Å². The highest BCUT2D eigenvalue weighted by molar-refractivity contribution is 6.30. The maximum atomic E-state index is 12.0. The molecule has 0 unspecified atom stereocenters. The summed E-state index contributed by atoms with van der Waals surface area (Å²) in [6, 6.07) is 7.33. The Morgan fingerprint density at radius 1 is 1.40 bits per heavy atom. The van der Waals surface area contributed by atoms with Crippen LogP contribution in [0.15, 0.2) is 42.7 Å². The van der Waals surface area contributed by atoms with Crippen LogP contribution in [0.1, 0.15) is 11.1 Å². The number of benzene rings is 1. The Morgan fingerprint density at radius 2 is 2.10 bits per heavy atom. The van der Waals surface area contributed by atoms with Crippen LogP contribution in [0.4, 0.5) is 0 Å². The highest BCUT2D eigenvalue weighted by Gasteiger charge is 2.06. The molecule has 4 nitrogen and oxygen atoms in total. The van der Waals surface area contributed by atoms with E-state index < -0.39 is 0 Å². The van der Waals surface area contributed by atoms with Gasteiger partial charge in [0.25, 0.3) is 0 Å². The summed E-state index contributed by atoms with van der Waals surface area (Å²) in [4.78, 5) is 13.6. The van der Waals surface area contributed by atoms with Gasteiger partial charge in [0, 0.05) is 43.5 Å². The number of hydrogen-bond acceptors (Lipinski definition) is 2. The molecule has 0 aliphatic heterocycles. The molecule has 2 aromatic rings. The van der Waals surface area contributed by atoms with E-state index in [1.54, 1.807) is 47.1 Å². The summed E-state index contributed by atoms with van der Waals surface area (Å²) in [7, 11) is 3.62. The van der Waals surface area contributed by atoms with Crippen molar-refractivity contribution in [3.63, 3.8) is 0 Å². The summed E-state index contributed by atoms with van der Waals surface area (Å²) in [5.74, 6) is -0.0520. The van der Waals surface area contributed by atoms with Gasteiger partial charge in [-0.15, -0.1) is 0 Å². The van der Waals surface area contributed by atoms with Crippen molar-refractivity contribution in [2.45, 2.75) is 6.54 Å². The summed E-state index contributed by atoms with van der Waals surface area (Å²) in [6.07, 6.45) is 6.98. The molecule has 0 aliphatic rings. The van der Waals surface area contributed by atoms with Crippen LogP contribution in [-0.2, 0) is 18.4 Å². The van der Waals surface area contributed by atoms with Gasteiger partial charge in [-0.3, -0.25) is 9.48 Å². The van der Waals surface area contributed by atoms with Crippen molar-refractivity contribution in [2.24, 2.45) is 7.05 Å². The molecule has 0 aliphatic carbocycles. The molecule has 0 spiro atoms. The Kier molecular flexibility index (Phi) is 4.58. The number of amides is 1. The van der Waals surface area contributed by atoms with Crippen LogP contribution in [-0.4, -0.2) is 27.6 Å². The Hall–Kier alpha value is -2.07. The minimum atomic E-state index is -0.0520. The van der Waals surface area contributed by atoms with Crippen molar-refractivity contribution >= 4 is 23.6 Å². The van der Waals surface area contributed by atoms with Gasteiger partial charge >= 0.3 is 0 Å². The van der Waals surface area contributed by atoms with E-state index in [2.05, 4.69) is 5.10 Å². The Morgan fingerprint density at radius 3 is 2.70 bits per heavy atom. The van der Waals surface area contributed by atoms with E-state index in [1.807, 2.05) is 25.4 Å². The predicted molar refractivity (Wildman–Crippen MR) is 80.2 cm³/mol. The lowest BCUT2D eigenvalue weighted by atomic mass is 10.2. The van der Waals surface area contributed by atoms with E-state index in [1.165, 1.54) is 0 Å². The largest absolute Gasteiger partial charge is 0.338 e. The van der Waals surface area contributed by atoms with Crippen molar-refractivity contribution in [1.29, 1.82) is 0 Å². The average Bonchev–Trinajstić information content (AvgIpc) is 2.83. The van der Waals surface area contributed by atoms with Crippen molar-refractivity contribution < 1.29 is 4.79 Å². The number of aromatic nitrogens is 2. The van der Waals surface area contributed by atoms with Crippen LogP contribution in [0, 0.1) is 0 Å². The fraction of sp³-hybridized carbons (Fsp3) is 0.200. The zero-order chi connectivity index (χ0) is 14.5. The zero-order valence-corrected chi connectivity index (χ0v) is 12.2. The Labute approximate surface area is 123 Å². The Balaban J connectivity index is 1.95. The van der Waals surface area contributed by atoms with Crippen LogP contribution in [0.5, 0.6) is 0 Å². The van der Waals surface area contributed by atoms with E-state index in [0.717, 1.165) is 11.1 Å². The normalized spacial score (nSPS) is 10.9. The molecule has 0 N–H and O–H groups in total. The molecule has 1 amide bonds. The summed E-state index contributed by atoms with van der Waals surface area (Å²) in [6.45, 7) is 0.539. The standard InChI is InChI=1S/C15H16ClN3O/c1-18(10-13-9-17-19(2)11-13)15(20)8-5-12-3-6-14(16)7-4-12/h3-9,11H,10H2,1-2H3/b8-5+. The number of rotatable bonds is 4. The second kappa shape index (κ2) is 6.39. The maximum absolute atomic E-state index is 12.0. The van der Waals surface area contributed by atoms with Gasteiger partial charge in [0.1, 0.15) is 0 Å². The lowest BCUT2D eigenvalue weighted by Gasteiger charge is -2.13. The third-order valence-electron chi connectivity index (χ3n) is 2.84. The van der Waals surface area contributed by atoms with Gasteiger partial charge in [-0.2, -0.15) is 5.10 Å². The molecule has 1 aromatic carbocycles. The van der Waals surface area contributed by atoms with E-state index >= 15 is 0 Å². The van der Waals surface area contributed by atoms with Gasteiger partial charge in [0.15, 0.2) is 0 Å². The van der Waals surface area contributed by atoms with E-state index in [9.17, 15) is 4.79 Å². The fourth-order valence-electron chi connectivity index (χ4n) is 1.77. The first-order valence-electron chi connectivity index (χ1n) is 6.21. The molecule has 0 fully saturated rings. The van der Waals surface area contributed by atoms with Crippen LogP contribution in [0.25, 0.3) is 6.08 Å². The predicted octanol–water partition coefficient (Wildman–Crippen LogP) is 2.75. The molecule has 0 saturated heterocycles. The average molecular weight is 290 g/mol. The molecular formula is C15H16ClN3O. The van der Waals surface area contributed by atoms with E-state index in [-0.39, 0.29) is 5.91 Å². The van der Waals surface area contributed by atoms with Gasteiger partial charge < -0.3 is 4.90 Å². The lowest BCUT2D eigenvalue weighted by Crippen LogP contribution is -2.23. The van der Waals surface area contributed by atoms with Crippen molar-refractivity contribution in [3.8, 4) is 0 Å². The minimum absolute atomic E-state index is 0.0520. The van der Waals surface area contributed by atoms with Gasteiger partial charge in [0.2, 0.25) is 5.91 Å². The molecule has 104 valence electrons. The molecular weight excluding hydrogens is 274 g/mol. The molecule has 5 heteroatoms. The number of likely N-dealkylation sites (N-methyl/N-ethyl adjacent to an activating group) is 1. The summed E-state index contributed by atoms with van der Waals surface area (Å²) >= 11 is 5.81. The fourth-order valence-corrected chi connectivity index (χ4v) is 1.90. The molecule has 2 rings (SSSR count). The first kappa shape index (κ1) is 14.3. The summed E-state index contributed by atoms with van der Waals surface area (Å²) in [5.41, 5.74) is 1.95. The van der Waals surface area contributed by atoms with Crippen molar-refractivity contribution in [3.05, 3.63) is 58.9 Å². The van der Waals surface area contributed by atoms with E-state index in [0.29, 0.717) is 11.6 Å². The van der Waals surface area contributed by atoms with Crippen molar-refractivity contribution in [2.75, 3.05) is 7.05 Å². The summed E-state index contributed by atoms with van der Waals surface area (Å²) < 4.78 is 1.72. The number of aryl methyl sites for hydroxylation is 1. The smallest absolute Gasteiger partial charge is 0.246 e. The van der Waals surface area contributed by atoms with Crippen molar-refractivity contribution in [1.82, 2.24) is 14.7 Å². The SMILES string of the molecule is CN(Cc1cnn(C)c1)C(=O)/C=C/c1ccc(Cl)cc1. The topological polar surface area (TPSA) is 38.1 Å². The van der Waals surface area contributed by atoms with Crippen LogP contribution < -0.4 is 0 Å². The lowest BCUT2D eigenvalue weighted by molar-refractivity contribution is -0.125. The molecule has 20 heavy (non-hydrogen) atoms. The first-order valence-corrected chi connectivity index (χ1v) is 6.58. The zero-order valence-electron chi connectivity index (χ0n) is 11.5. The van der Waals surface area contributed by atoms with Gasteiger partial charge in [-0.1, -0.05) is 23.7 Å². The second-order valence-corrected chi connectivity index (χ2v) is 5.04. The second-order valence-electron chi connectivity index (χ2n) is 4.60. The highest BCUT2D eigenvalue weighted by Crippen LogP contribution is 2.11. The van der Waals surface area contributed by atoms with Gasteiger partial charge in [0.05, 0.1) is 6.20 Å². The number of halogens is 1. The molecule has 0 saturated carbocycles. The quantitative estimate of drug-likeness (QED) is 0.812. The number of hydrogen-bond donors (Lipinski definition) is 0. The Bertz CT molecular complexity index is 616. The number of nitrogens with zero attached hydrogens (tertiary/aromatic N) is 3. The summed E-state index contributed by atoms with van der Waals surface area (Å²) in [5, 5.41) is 4.76. The third kappa shape index (κ3) is 3.96. The molecule has 1 aromatic heterocycles. The van der Waals surface area contributed by atoms with Crippen LogP contribution in [0.2, 0.25) is 5.02 Å². The van der Waals surface area contributed by atoms with Crippen LogP contribution in [0.3, 0.4) is 0 Å². The third-order valence-corrected chi connectivity index (χ3v) is 3.09. The van der Waals surface area contributed by atoms with E-state index in [4.69, 9.17) is 11.6 Å². The number of carbonyl (C=O) groups is 1. The monoisotopic (exact) mass is 289 g/mol. The number of carbonyl (C=O) groups excluding carboxylic acids is 1.